The second-order valence-corrected chi connectivity index (χ2v) is 5.54. The van der Waals surface area contributed by atoms with Crippen molar-refractivity contribution in [1.29, 1.82) is 0 Å². The first-order valence-electron chi connectivity index (χ1n) is 5.19. The van der Waals surface area contributed by atoms with Crippen LogP contribution in [0.2, 0.25) is 0 Å². The third-order valence-electron chi connectivity index (χ3n) is 3.07. The minimum Gasteiger partial charge on any atom is -0.376 e. The van der Waals surface area contributed by atoms with E-state index in [2.05, 4.69) is 9.44 Å². The van der Waals surface area contributed by atoms with Crippen LogP contribution in [0.15, 0.2) is 0 Å². The van der Waals surface area contributed by atoms with Crippen LogP contribution in [0.1, 0.15) is 13.3 Å². The zero-order valence-corrected chi connectivity index (χ0v) is 9.46. The Morgan fingerprint density at radius 3 is 2.93 bits per heavy atom. The maximum Gasteiger partial charge on any atom is 0.277 e. The van der Waals surface area contributed by atoms with Crippen molar-refractivity contribution in [2.45, 2.75) is 31.5 Å². The summed E-state index contributed by atoms with van der Waals surface area (Å²) in [5.41, 5.74) is 5.88. The van der Waals surface area contributed by atoms with E-state index in [9.17, 15) is 8.42 Å². The lowest BCUT2D eigenvalue weighted by Crippen LogP contribution is -2.69. The molecule has 2 aliphatic rings. The number of hydrogen-bond acceptors (Lipinski definition) is 4. The summed E-state index contributed by atoms with van der Waals surface area (Å²) in [4.78, 5) is 0. The van der Waals surface area contributed by atoms with Gasteiger partial charge >= 0.3 is 0 Å². The number of hydrogen-bond donors (Lipinski definition) is 3. The Kier molecular flexibility index (Phi) is 3.00. The molecule has 0 aromatic heterocycles. The van der Waals surface area contributed by atoms with Crippen LogP contribution < -0.4 is 15.2 Å². The molecule has 1 heterocycles. The topological polar surface area (TPSA) is 93.5 Å². The molecular formula is C8H17N3O3S. The van der Waals surface area contributed by atoms with E-state index in [1.54, 1.807) is 6.92 Å². The Morgan fingerprint density at radius 1 is 1.53 bits per heavy atom. The molecule has 1 saturated heterocycles. The molecular weight excluding hydrogens is 218 g/mol. The average Bonchev–Trinajstić information content (AvgIpc) is 2.58. The number of fused-ring (bicyclic) bond motifs is 1. The molecule has 0 aromatic carbocycles. The molecule has 4 unspecified atom stereocenters. The van der Waals surface area contributed by atoms with Crippen LogP contribution in [0.3, 0.4) is 0 Å². The molecule has 2 rings (SSSR count). The lowest BCUT2D eigenvalue weighted by molar-refractivity contribution is -0.00935. The molecule has 2 fully saturated rings. The quantitative estimate of drug-likeness (QED) is 0.555. The van der Waals surface area contributed by atoms with Crippen molar-refractivity contribution in [2.24, 2.45) is 11.7 Å². The summed E-state index contributed by atoms with van der Waals surface area (Å²) in [5.74, 6) is 0.319. The Balaban J connectivity index is 1.96. The van der Waals surface area contributed by atoms with Gasteiger partial charge in [-0.2, -0.15) is 13.1 Å². The summed E-state index contributed by atoms with van der Waals surface area (Å²) in [6.45, 7) is 2.78. The molecule has 15 heavy (non-hydrogen) atoms. The van der Waals surface area contributed by atoms with Crippen LogP contribution >= 0.6 is 0 Å². The summed E-state index contributed by atoms with van der Waals surface area (Å²) >= 11 is 0. The van der Waals surface area contributed by atoms with Crippen molar-refractivity contribution in [1.82, 2.24) is 9.44 Å². The van der Waals surface area contributed by atoms with Gasteiger partial charge in [0.15, 0.2) is 0 Å². The molecule has 7 heteroatoms. The van der Waals surface area contributed by atoms with E-state index >= 15 is 0 Å². The molecule has 0 radical (unpaired) electrons. The number of ether oxygens (including phenoxy) is 1. The van der Waals surface area contributed by atoms with Crippen LogP contribution in [0, 0.1) is 5.92 Å². The smallest absolute Gasteiger partial charge is 0.277 e. The maximum atomic E-state index is 11.4. The van der Waals surface area contributed by atoms with E-state index in [0.29, 0.717) is 19.1 Å². The Bertz CT molecular complexity index is 332. The van der Waals surface area contributed by atoms with Gasteiger partial charge in [0.25, 0.3) is 10.2 Å². The molecule has 6 nitrogen and oxygen atoms in total. The molecule has 0 bridgehead atoms. The van der Waals surface area contributed by atoms with Gasteiger partial charge in [0.2, 0.25) is 0 Å². The molecule has 1 aliphatic carbocycles. The highest BCUT2D eigenvalue weighted by atomic mass is 32.2. The summed E-state index contributed by atoms with van der Waals surface area (Å²) < 4.78 is 33.2. The minimum atomic E-state index is -3.42. The van der Waals surface area contributed by atoms with E-state index in [-0.39, 0.29) is 18.2 Å². The maximum absolute atomic E-state index is 11.4. The Labute approximate surface area is 89.7 Å². The Hall–Kier alpha value is -0.210. The van der Waals surface area contributed by atoms with E-state index in [1.165, 1.54) is 0 Å². The SMILES string of the molecule is CCNS(=O)(=O)NC1C(N)C2CCOC21. The van der Waals surface area contributed by atoms with E-state index in [4.69, 9.17) is 10.5 Å². The van der Waals surface area contributed by atoms with E-state index < -0.39 is 10.2 Å². The molecule has 1 aliphatic heterocycles. The average molecular weight is 235 g/mol. The zero-order chi connectivity index (χ0) is 11.1. The monoisotopic (exact) mass is 235 g/mol. The molecule has 0 amide bonds. The van der Waals surface area contributed by atoms with Gasteiger partial charge in [-0.3, -0.25) is 0 Å². The van der Waals surface area contributed by atoms with Crippen molar-refractivity contribution in [3.63, 3.8) is 0 Å². The van der Waals surface area contributed by atoms with Crippen molar-refractivity contribution in [3.05, 3.63) is 0 Å². The zero-order valence-electron chi connectivity index (χ0n) is 8.64. The normalized spacial score (nSPS) is 39.9. The number of rotatable bonds is 4. The fraction of sp³-hybridized carbons (Fsp3) is 1.00. The van der Waals surface area contributed by atoms with Gasteiger partial charge < -0.3 is 10.5 Å². The van der Waals surface area contributed by atoms with Crippen LogP contribution in [-0.2, 0) is 14.9 Å². The van der Waals surface area contributed by atoms with Crippen molar-refractivity contribution >= 4 is 10.2 Å². The highest BCUT2D eigenvalue weighted by molar-refractivity contribution is 7.87. The number of nitrogens with two attached hydrogens (primary N) is 1. The first-order valence-corrected chi connectivity index (χ1v) is 6.67. The van der Waals surface area contributed by atoms with Crippen LogP contribution in [-0.4, -0.2) is 39.8 Å². The molecule has 88 valence electrons. The third kappa shape index (κ3) is 2.02. The Morgan fingerprint density at radius 2 is 2.27 bits per heavy atom. The van der Waals surface area contributed by atoms with Crippen molar-refractivity contribution in [3.8, 4) is 0 Å². The predicted octanol–water partition coefficient (Wildman–Crippen LogP) is -1.46. The molecule has 4 N–H and O–H groups in total. The number of nitrogens with one attached hydrogen (secondary N) is 2. The standard InChI is InChI=1S/C8H17N3O3S/c1-2-10-15(12,13)11-7-6(9)5-3-4-14-8(5)7/h5-8,10-11H,2-4,9H2,1H3. The molecule has 1 saturated carbocycles. The summed E-state index contributed by atoms with van der Waals surface area (Å²) in [6, 6.07) is -0.396. The van der Waals surface area contributed by atoms with Gasteiger partial charge in [-0.25, -0.2) is 4.72 Å². The van der Waals surface area contributed by atoms with E-state index in [1.807, 2.05) is 0 Å². The first-order chi connectivity index (χ1) is 7.05. The first kappa shape index (κ1) is 11.3. The van der Waals surface area contributed by atoms with Crippen LogP contribution in [0.5, 0.6) is 0 Å². The highest BCUT2D eigenvalue weighted by Gasteiger charge is 2.53. The van der Waals surface area contributed by atoms with Crippen LogP contribution in [0.25, 0.3) is 0 Å². The molecule has 4 atom stereocenters. The summed E-state index contributed by atoms with van der Waals surface area (Å²) in [6.07, 6.45) is 0.902. The van der Waals surface area contributed by atoms with Gasteiger partial charge in [0.05, 0.1) is 12.1 Å². The second-order valence-electron chi connectivity index (χ2n) is 4.01. The van der Waals surface area contributed by atoms with Crippen LogP contribution in [0.4, 0.5) is 0 Å². The largest absolute Gasteiger partial charge is 0.376 e. The fourth-order valence-electron chi connectivity index (χ4n) is 2.31. The summed E-state index contributed by atoms with van der Waals surface area (Å²) in [5, 5.41) is 0. The predicted molar refractivity (Wildman–Crippen MR) is 55.3 cm³/mol. The summed E-state index contributed by atoms with van der Waals surface area (Å²) in [7, 11) is -3.42. The van der Waals surface area contributed by atoms with Gasteiger partial charge in [-0.05, 0) is 6.42 Å². The van der Waals surface area contributed by atoms with Crippen molar-refractivity contribution in [2.75, 3.05) is 13.2 Å². The lowest BCUT2D eigenvalue weighted by Gasteiger charge is -2.45. The van der Waals surface area contributed by atoms with E-state index in [0.717, 1.165) is 6.42 Å². The molecule has 0 aromatic rings. The molecule has 0 spiro atoms. The van der Waals surface area contributed by atoms with Crippen molar-refractivity contribution < 1.29 is 13.2 Å². The fourth-order valence-corrected chi connectivity index (χ4v) is 3.42. The third-order valence-corrected chi connectivity index (χ3v) is 4.32. The van der Waals surface area contributed by atoms with Gasteiger partial charge in [-0.1, -0.05) is 6.92 Å². The van der Waals surface area contributed by atoms with Gasteiger partial charge in [0, 0.05) is 25.1 Å². The van der Waals surface area contributed by atoms with Gasteiger partial charge in [0.1, 0.15) is 0 Å². The lowest BCUT2D eigenvalue weighted by atomic mass is 9.73. The van der Waals surface area contributed by atoms with Gasteiger partial charge in [-0.15, -0.1) is 0 Å². The second kappa shape index (κ2) is 3.99. The minimum absolute atomic E-state index is 0.0339. The highest BCUT2D eigenvalue weighted by Crippen LogP contribution is 2.37.